The second-order valence-electron chi connectivity index (χ2n) is 8.30. The molecule has 2 heterocycles. The standard InChI is InChI=1S/C24H27NO4/c1-15-9-16(2)13-25(12-15)14-20-21(26)8-7-19-23(27)22(29-24(19)20)11-17-5-4-6-18(10-17)28-3/h4-8,10-11,15-16,26H,9,12-14H2,1-3H3/b22-11+. The fourth-order valence-corrected chi connectivity index (χ4v) is 4.48. The predicted molar refractivity (Wildman–Crippen MR) is 112 cm³/mol. The molecule has 2 unspecified atom stereocenters. The van der Waals surface area contributed by atoms with Gasteiger partial charge in [-0.05, 0) is 54.2 Å². The zero-order valence-corrected chi connectivity index (χ0v) is 17.1. The number of nitrogens with zero attached hydrogens (tertiary/aromatic N) is 1. The Bertz CT molecular complexity index is 955. The zero-order valence-electron chi connectivity index (χ0n) is 17.1. The Labute approximate surface area is 171 Å². The van der Waals surface area contributed by atoms with Crippen molar-refractivity contribution in [1.29, 1.82) is 0 Å². The van der Waals surface area contributed by atoms with Crippen molar-refractivity contribution in [3.05, 3.63) is 58.8 Å². The van der Waals surface area contributed by atoms with E-state index in [-0.39, 0.29) is 17.3 Å². The van der Waals surface area contributed by atoms with Crippen molar-refractivity contribution in [2.24, 2.45) is 11.8 Å². The van der Waals surface area contributed by atoms with Crippen LogP contribution in [0.1, 0.15) is 41.8 Å². The average molecular weight is 393 g/mol. The number of hydrogen-bond acceptors (Lipinski definition) is 5. The molecule has 0 aliphatic carbocycles. The van der Waals surface area contributed by atoms with Gasteiger partial charge in [-0.15, -0.1) is 0 Å². The van der Waals surface area contributed by atoms with E-state index < -0.39 is 0 Å². The summed E-state index contributed by atoms with van der Waals surface area (Å²) in [6.45, 7) is 7.05. The number of phenolic OH excluding ortho intramolecular Hbond substituents is 1. The predicted octanol–water partition coefficient (Wildman–Crippen LogP) is 4.49. The van der Waals surface area contributed by atoms with Crippen LogP contribution in [0, 0.1) is 11.8 Å². The lowest BCUT2D eigenvalue weighted by atomic mass is 9.91. The van der Waals surface area contributed by atoms with E-state index in [0.717, 1.165) is 18.7 Å². The molecule has 2 atom stereocenters. The van der Waals surface area contributed by atoms with Crippen molar-refractivity contribution in [2.45, 2.75) is 26.8 Å². The normalized spacial score (nSPS) is 23.1. The van der Waals surface area contributed by atoms with Crippen LogP contribution in [0.3, 0.4) is 0 Å². The van der Waals surface area contributed by atoms with E-state index in [1.807, 2.05) is 24.3 Å². The summed E-state index contributed by atoms with van der Waals surface area (Å²) in [5, 5.41) is 10.5. The Morgan fingerprint density at radius 3 is 2.69 bits per heavy atom. The minimum absolute atomic E-state index is 0.163. The molecule has 2 aromatic carbocycles. The SMILES string of the molecule is COc1cccc(/C=C2/Oc3c(ccc(O)c3CN3CC(C)CC(C)C3)C2=O)c1. The average Bonchev–Trinajstić information content (AvgIpc) is 2.99. The number of likely N-dealkylation sites (tertiary alicyclic amines) is 1. The maximum Gasteiger partial charge on any atom is 0.231 e. The van der Waals surface area contributed by atoms with Gasteiger partial charge in [0.15, 0.2) is 5.76 Å². The number of piperidine rings is 1. The highest BCUT2D eigenvalue weighted by molar-refractivity contribution is 6.15. The van der Waals surface area contributed by atoms with Gasteiger partial charge in [0.2, 0.25) is 5.78 Å². The first-order valence-electron chi connectivity index (χ1n) is 10.1. The van der Waals surface area contributed by atoms with Gasteiger partial charge in [0.05, 0.1) is 18.2 Å². The number of hydrogen-bond donors (Lipinski definition) is 1. The van der Waals surface area contributed by atoms with Crippen LogP contribution in [-0.4, -0.2) is 36.0 Å². The van der Waals surface area contributed by atoms with Crippen LogP contribution in [-0.2, 0) is 6.54 Å². The van der Waals surface area contributed by atoms with Crippen LogP contribution in [0.5, 0.6) is 17.2 Å². The summed E-state index contributed by atoms with van der Waals surface area (Å²) in [4.78, 5) is 15.2. The highest BCUT2D eigenvalue weighted by Crippen LogP contribution is 2.40. The summed E-state index contributed by atoms with van der Waals surface area (Å²) >= 11 is 0. The van der Waals surface area contributed by atoms with Gasteiger partial charge in [0, 0.05) is 19.6 Å². The van der Waals surface area contributed by atoms with Crippen molar-refractivity contribution in [1.82, 2.24) is 4.90 Å². The number of carbonyl (C=O) groups is 1. The molecule has 4 rings (SSSR count). The van der Waals surface area contributed by atoms with Crippen molar-refractivity contribution in [2.75, 3.05) is 20.2 Å². The van der Waals surface area contributed by atoms with E-state index in [1.54, 1.807) is 25.3 Å². The smallest absolute Gasteiger partial charge is 0.231 e. The van der Waals surface area contributed by atoms with Gasteiger partial charge in [0.25, 0.3) is 0 Å². The van der Waals surface area contributed by atoms with E-state index in [0.29, 0.717) is 41.0 Å². The fraction of sp³-hybridized carbons (Fsp3) is 0.375. The number of carbonyl (C=O) groups excluding carboxylic acids is 1. The van der Waals surface area contributed by atoms with E-state index in [9.17, 15) is 9.90 Å². The first-order chi connectivity index (χ1) is 13.9. The second-order valence-corrected chi connectivity index (χ2v) is 8.30. The molecule has 0 aromatic heterocycles. The molecule has 2 aliphatic heterocycles. The number of phenols is 1. The highest BCUT2D eigenvalue weighted by Gasteiger charge is 2.32. The van der Waals surface area contributed by atoms with Gasteiger partial charge >= 0.3 is 0 Å². The molecule has 1 fully saturated rings. The summed E-state index contributed by atoms with van der Waals surface area (Å²) in [5.74, 6) is 2.70. The minimum Gasteiger partial charge on any atom is -0.507 e. The molecule has 0 amide bonds. The van der Waals surface area contributed by atoms with Gasteiger partial charge in [-0.3, -0.25) is 9.69 Å². The van der Waals surface area contributed by atoms with Gasteiger partial charge < -0.3 is 14.6 Å². The third-order valence-corrected chi connectivity index (χ3v) is 5.63. The van der Waals surface area contributed by atoms with Crippen LogP contribution in [0.15, 0.2) is 42.2 Å². The Morgan fingerprint density at radius 1 is 1.21 bits per heavy atom. The van der Waals surface area contributed by atoms with Gasteiger partial charge in [0.1, 0.15) is 17.2 Å². The van der Waals surface area contributed by atoms with Crippen LogP contribution in [0.2, 0.25) is 0 Å². The van der Waals surface area contributed by atoms with Gasteiger partial charge in [-0.2, -0.15) is 0 Å². The number of fused-ring (bicyclic) bond motifs is 1. The van der Waals surface area contributed by atoms with Crippen molar-refractivity contribution >= 4 is 11.9 Å². The third kappa shape index (κ3) is 4.01. The monoisotopic (exact) mass is 393 g/mol. The molecule has 1 saturated heterocycles. The molecule has 0 bridgehead atoms. The minimum atomic E-state index is -0.163. The first kappa shape index (κ1) is 19.5. The molecule has 2 aromatic rings. The number of benzene rings is 2. The maximum atomic E-state index is 12.9. The molecule has 0 radical (unpaired) electrons. The number of aromatic hydroxyl groups is 1. The lowest BCUT2D eigenvalue weighted by Gasteiger charge is -2.35. The zero-order chi connectivity index (χ0) is 20.5. The maximum absolute atomic E-state index is 12.9. The molecule has 5 heteroatoms. The molecule has 5 nitrogen and oxygen atoms in total. The molecule has 152 valence electrons. The fourth-order valence-electron chi connectivity index (χ4n) is 4.48. The number of Topliss-reactive ketones (excluding diaryl/α,β-unsaturated/α-hetero) is 1. The molecule has 29 heavy (non-hydrogen) atoms. The number of allylic oxidation sites excluding steroid dienone is 1. The molecule has 2 aliphatic rings. The quantitative estimate of drug-likeness (QED) is 0.776. The molecule has 0 spiro atoms. The van der Waals surface area contributed by atoms with E-state index in [1.165, 1.54) is 6.42 Å². The molecular formula is C24H27NO4. The van der Waals surface area contributed by atoms with Gasteiger partial charge in [-0.25, -0.2) is 0 Å². The Morgan fingerprint density at radius 2 is 1.97 bits per heavy atom. The second kappa shape index (κ2) is 7.91. The summed E-state index contributed by atoms with van der Waals surface area (Å²) in [7, 11) is 1.61. The van der Waals surface area contributed by atoms with Crippen LogP contribution in [0.4, 0.5) is 0 Å². The van der Waals surface area contributed by atoms with Crippen molar-refractivity contribution in [3.63, 3.8) is 0 Å². The largest absolute Gasteiger partial charge is 0.507 e. The van der Waals surface area contributed by atoms with Crippen LogP contribution < -0.4 is 9.47 Å². The Hall–Kier alpha value is -2.79. The number of ketones is 1. The first-order valence-corrected chi connectivity index (χ1v) is 10.1. The summed E-state index contributed by atoms with van der Waals surface area (Å²) in [6, 6.07) is 10.7. The lowest BCUT2D eigenvalue weighted by Crippen LogP contribution is -2.38. The van der Waals surface area contributed by atoms with E-state index in [2.05, 4.69) is 18.7 Å². The Balaban J connectivity index is 1.63. The van der Waals surface area contributed by atoms with Crippen molar-refractivity contribution < 1.29 is 19.4 Å². The lowest BCUT2D eigenvalue weighted by molar-refractivity contribution is 0.101. The van der Waals surface area contributed by atoms with E-state index in [4.69, 9.17) is 9.47 Å². The van der Waals surface area contributed by atoms with Crippen molar-refractivity contribution in [3.8, 4) is 17.2 Å². The van der Waals surface area contributed by atoms with E-state index >= 15 is 0 Å². The Kier molecular flexibility index (Phi) is 5.33. The van der Waals surface area contributed by atoms with Gasteiger partial charge in [-0.1, -0.05) is 26.0 Å². The summed E-state index contributed by atoms with van der Waals surface area (Å²) in [6.07, 6.45) is 2.94. The third-order valence-electron chi connectivity index (χ3n) is 5.63. The number of ether oxygens (including phenoxy) is 2. The summed E-state index contributed by atoms with van der Waals surface area (Å²) in [5.41, 5.74) is 2.02. The van der Waals surface area contributed by atoms with Crippen LogP contribution >= 0.6 is 0 Å². The topological polar surface area (TPSA) is 59.0 Å². The molecular weight excluding hydrogens is 366 g/mol. The molecule has 0 saturated carbocycles. The van der Waals surface area contributed by atoms with Crippen LogP contribution in [0.25, 0.3) is 6.08 Å². The number of rotatable bonds is 4. The number of methoxy groups -OCH3 is 1. The summed E-state index contributed by atoms with van der Waals surface area (Å²) < 4.78 is 11.2. The molecule has 1 N–H and O–H groups in total. The highest BCUT2D eigenvalue weighted by atomic mass is 16.5.